The van der Waals surface area contributed by atoms with Crippen molar-refractivity contribution in [2.24, 2.45) is 4.99 Å². The number of carbonyl (C=O) groups excluding carboxylic acids is 1. The third kappa shape index (κ3) is 4.78. The Morgan fingerprint density at radius 2 is 1.58 bits per heavy atom. The van der Waals surface area contributed by atoms with Gasteiger partial charge in [-0.15, -0.1) is 0 Å². The van der Waals surface area contributed by atoms with E-state index in [2.05, 4.69) is 20.9 Å². The predicted molar refractivity (Wildman–Crippen MR) is 113 cm³/mol. The van der Waals surface area contributed by atoms with Gasteiger partial charge in [-0.3, -0.25) is 9.79 Å². The molecule has 0 heterocycles. The van der Waals surface area contributed by atoms with Crippen LogP contribution in [-0.4, -0.2) is 12.0 Å². The number of aliphatic imine (C=N–C) groups is 1. The Balaban J connectivity index is 1.91. The lowest BCUT2D eigenvalue weighted by Crippen LogP contribution is -2.01. The van der Waals surface area contributed by atoms with E-state index in [0.717, 1.165) is 10.0 Å². The van der Waals surface area contributed by atoms with Crippen LogP contribution < -0.4 is 0 Å². The summed E-state index contributed by atoms with van der Waals surface area (Å²) in [6.45, 7) is 0. The monoisotopic (exact) mass is 423 g/mol. The summed E-state index contributed by atoms with van der Waals surface area (Å²) in [5.41, 5.74) is 2.70. The van der Waals surface area contributed by atoms with E-state index in [-0.39, 0.29) is 5.78 Å². The van der Waals surface area contributed by atoms with Gasteiger partial charge in [0.2, 0.25) is 0 Å². The van der Waals surface area contributed by atoms with E-state index in [0.29, 0.717) is 21.8 Å². The van der Waals surface area contributed by atoms with Gasteiger partial charge in [0.25, 0.3) is 0 Å². The molecule has 3 rings (SSSR count). The van der Waals surface area contributed by atoms with Crippen LogP contribution in [0, 0.1) is 0 Å². The average molecular weight is 425 g/mol. The minimum atomic E-state index is -0.108. The quantitative estimate of drug-likeness (QED) is 0.330. The van der Waals surface area contributed by atoms with E-state index in [9.17, 15) is 4.79 Å². The second-order valence-corrected chi connectivity index (χ2v) is 6.91. The van der Waals surface area contributed by atoms with Gasteiger partial charge in [0, 0.05) is 26.8 Å². The summed E-state index contributed by atoms with van der Waals surface area (Å²) in [6.07, 6.45) is 3.64. The van der Waals surface area contributed by atoms with Crippen molar-refractivity contribution in [3.63, 3.8) is 0 Å². The molecule has 3 aromatic carbocycles. The molecule has 0 unspecified atom stereocenters. The van der Waals surface area contributed by atoms with Crippen LogP contribution in [0.3, 0.4) is 0 Å². The predicted octanol–water partition coefficient (Wildman–Crippen LogP) is 6.71. The van der Waals surface area contributed by atoms with Gasteiger partial charge in [-0.25, -0.2) is 0 Å². The van der Waals surface area contributed by atoms with Crippen molar-refractivity contribution in [3.8, 4) is 0 Å². The molecule has 0 amide bonds. The van der Waals surface area contributed by atoms with E-state index < -0.39 is 0 Å². The number of carbonyl (C=O) groups is 1. The Labute approximate surface area is 166 Å². The van der Waals surface area contributed by atoms with Crippen molar-refractivity contribution in [2.45, 2.75) is 0 Å². The molecular formula is C22H15BrClNO. The number of nitrogens with zero attached hydrogens (tertiary/aromatic N) is 1. The number of hydrogen-bond acceptors (Lipinski definition) is 2. The number of hydrogen-bond donors (Lipinski definition) is 0. The highest BCUT2D eigenvalue weighted by Crippen LogP contribution is 2.26. The average Bonchev–Trinajstić information content (AvgIpc) is 2.68. The Morgan fingerprint density at radius 1 is 0.923 bits per heavy atom. The molecule has 0 bridgehead atoms. The van der Waals surface area contributed by atoms with Crippen LogP contribution >= 0.6 is 27.5 Å². The SMILES string of the molecule is O=C(c1ccccc1)c1cc(Cl)ccc1N=CC(Br)=Cc1ccccc1. The van der Waals surface area contributed by atoms with Crippen LogP contribution in [0.25, 0.3) is 6.08 Å². The number of allylic oxidation sites excluding steroid dienone is 1. The Hall–Kier alpha value is -2.49. The molecule has 0 saturated carbocycles. The largest absolute Gasteiger partial charge is 0.289 e. The smallest absolute Gasteiger partial charge is 0.195 e. The van der Waals surface area contributed by atoms with E-state index in [1.165, 1.54) is 0 Å². The van der Waals surface area contributed by atoms with Crippen LogP contribution in [0.15, 0.2) is 88.3 Å². The van der Waals surface area contributed by atoms with Crippen LogP contribution in [0.1, 0.15) is 21.5 Å². The van der Waals surface area contributed by atoms with Crippen molar-refractivity contribution >= 4 is 51.3 Å². The minimum Gasteiger partial charge on any atom is -0.289 e. The highest BCUT2D eigenvalue weighted by atomic mass is 79.9. The molecule has 0 saturated heterocycles. The van der Waals surface area contributed by atoms with Crippen molar-refractivity contribution < 1.29 is 4.79 Å². The Morgan fingerprint density at radius 3 is 2.27 bits per heavy atom. The van der Waals surface area contributed by atoms with Crippen LogP contribution in [-0.2, 0) is 0 Å². The summed E-state index contributed by atoms with van der Waals surface area (Å²) < 4.78 is 0.803. The third-order valence-corrected chi connectivity index (χ3v) is 4.34. The second-order valence-electron chi connectivity index (χ2n) is 5.55. The van der Waals surface area contributed by atoms with E-state index in [1.807, 2.05) is 54.6 Å². The van der Waals surface area contributed by atoms with Crippen LogP contribution in [0.4, 0.5) is 5.69 Å². The van der Waals surface area contributed by atoms with Gasteiger partial charge in [0.1, 0.15) is 0 Å². The molecule has 128 valence electrons. The third-order valence-electron chi connectivity index (χ3n) is 3.67. The van der Waals surface area contributed by atoms with Crippen molar-refractivity contribution in [1.82, 2.24) is 0 Å². The summed E-state index contributed by atoms with van der Waals surface area (Å²) in [5, 5.41) is 0.502. The van der Waals surface area contributed by atoms with Gasteiger partial charge in [-0.1, -0.05) is 72.3 Å². The molecule has 0 aliphatic carbocycles. The number of halogens is 2. The molecule has 0 spiro atoms. The number of ketones is 1. The van der Waals surface area contributed by atoms with Gasteiger partial charge >= 0.3 is 0 Å². The summed E-state index contributed by atoms with van der Waals surface area (Å²) in [5.74, 6) is -0.108. The fourth-order valence-corrected chi connectivity index (χ4v) is 2.96. The molecule has 26 heavy (non-hydrogen) atoms. The lowest BCUT2D eigenvalue weighted by Gasteiger charge is -2.06. The maximum Gasteiger partial charge on any atom is 0.195 e. The van der Waals surface area contributed by atoms with Crippen LogP contribution in [0.5, 0.6) is 0 Å². The topological polar surface area (TPSA) is 29.4 Å². The van der Waals surface area contributed by atoms with E-state index >= 15 is 0 Å². The molecule has 0 radical (unpaired) electrons. The lowest BCUT2D eigenvalue weighted by molar-refractivity contribution is 0.103. The highest BCUT2D eigenvalue weighted by molar-refractivity contribution is 9.12. The maximum atomic E-state index is 12.8. The first-order valence-corrected chi connectivity index (χ1v) is 9.16. The lowest BCUT2D eigenvalue weighted by atomic mass is 10.0. The molecule has 0 N–H and O–H groups in total. The first kappa shape index (κ1) is 18.3. The van der Waals surface area contributed by atoms with Gasteiger partial charge in [0.05, 0.1) is 5.69 Å². The molecule has 2 nitrogen and oxygen atoms in total. The van der Waals surface area contributed by atoms with E-state index in [1.54, 1.807) is 36.5 Å². The van der Waals surface area contributed by atoms with Gasteiger partial charge in [-0.05, 0) is 45.8 Å². The first-order chi connectivity index (χ1) is 12.6. The zero-order valence-corrected chi connectivity index (χ0v) is 16.1. The first-order valence-electron chi connectivity index (χ1n) is 7.99. The minimum absolute atomic E-state index is 0.108. The van der Waals surface area contributed by atoms with Crippen molar-refractivity contribution in [3.05, 3.63) is 105 Å². The van der Waals surface area contributed by atoms with E-state index in [4.69, 9.17) is 11.6 Å². The molecular weight excluding hydrogens is 410 g/mol. The Bertz CT molecular complexity index is 966. The molecule has 0 aliphatic rings. The molecule has 0 atom stereocenters. The fourth-order valence-electron chi connectivity index (χ4n) is 2.42. The normalized spacial score (nSPS) is 11.7. The zero-order valence-electron chi connectivity index (χ0n) is 13.8. The summed E-state index contributed by atoms with van der Waals surface area (Å²) in [7, 11) is 0. The summed E-state index contributed by atoms with van der Waals surface area (Å²) in [4.78, 5) is 17.3. The van der Waals surface area contributed by atoms with Gasteiger partial charge in [-0.2, -0.15) is 0 Å². The molecule has 0 aromatic heterocycles. The number of benzene rings is 3. The fraction of sp³-hybridized carbons (Fsp3) is 0. The molecule has 0 fully saturated rings. The van der Waals surface area contributed by atoms with Crippen LogP contribution in [0.2, 0.25) is 5.02 Å². The molecule has 4 heteroatoms. The molecule has 0 aliphatic heterocycles. The summed E-state index contributed by atoms with van der Waals surface area (Å²) in [6, 6.07) is 24.1. The summed E-state index contributed by atoms with van der Waals surface area (Å²) >= 11 is 9.59. The maximum absolute atomic E-state index is 12.8. The van der Waals surface area contributed by atoms with Crippen molar-refractivity contribution in [1.29, 1.82) is 0 Å². The number of rotatable bonds is 5. The highest BCUT2D eigenvalue weighted by Gasteiger charge is 2.13. The Kier molecular flexibility index (Phi) is 6.16. The standard InChI is InChI=1S/C22H15BrClNO/c23-18(13-16-7-3-1-4-8-16)15-25-21-12-11-19(24)14-20(21)22(26)17-9-5-2-6-10-17/h1-15H. The molecule has 3 aromatic rings. The zero-order chi connectivity index (χ0) is 18.4. The van der Waals surface area contributed by atoms with Gasteiger partial charge < -0.3 is 0 Å². The second kappa shape index (κ2) is 8.75. The van der Waals surface area contributed by atoms with Gasteiger partial charge in [0.15, 0.2) is 5.78 Å². The van der Waals surface area contributed by atoms with Crippen molar-refractivity contribution in [2.75, 3.05) is 0 Å².